The highest BCUT2D eigenvalue weighted by Gasteiger charge is 2.47. The molecular formula is C17H31NO5Si. The highest BCUT2D eigenvalue weighted by atomic mass is 28.4. The quantitative estimate of drug-likeness (QED) is 0.554. The summed E-state index contributed by atoms with van der Waals surface area (Å²) >= 11 is 0. The Balaban J connectivity index is 2.95. The Labute approximate surface area is 146 Å². The predicted octanol–water partition coefficient (Wildman–Crippen LogP) is 4.32. The van der Waals surface area contributed by atoms with Gasteiger partial charge in [0.25, 0.3) is 0 Å². The molecule has 0 N–H and O–H groups in total. The summed E-state index contributed by atoms with van der Waals surface area (Å²) in [7, 11) is -2.03. The van der Waals surface area contributed by atoms with E-state index in [1.54, 1.807) is 20.8 Å². The van der Waals surface area contributed by atoms with Crippen molar-refractivity contribution in [1.29, 1.82) is 0 Å². The van der Waals surface area contributed by atoms with Crippen molar-refractivity contribution < 1.29 is 23.5 Å². The van der Waals surface area contributed by atoms with Crippen LogP contribution in [0.3, 0.4) is 0 Å². The third kappa shape index (κ3) is 4.83. The molecule has 0 radical (unpaired) electrons. The van der Waals surface area contributed by atoms with Crippen LogP contribution in [-0.4, -0.2) is 49.8 Å². The number of carbonyl (C=O) groups excluding carboxylic acids is 2. The first-order valence-corrected chi connectivity index (χ1v) is 11.1. The number of carbonyl (C=O) groups is 2. The van der Waals surface area contributed by atoms with Crippen molar-refractivity contribution in [3.05, 3.63) is 12.7 Å². The van der Waals surface area contributed by atoms with Gasteiger partial charge in [-0.1, -0.05) is 27.4 Å². The molecule has 6 nitrogen and oxygen atoms in total. The zero-order chi connectivity index (χ0) is 18.9. The molecule has 2 unspecified atom stereocenters. The zero-order valence-corrected chi connectivity index (χ0v) is 17.1. The molecule has 1 aliphatic rings. The van der Waals surface area contributed by atoms with E-state index in [1.807, 2.05) is 0 Å². The highest BCUT2D eigenvalue weighted by Crippen LogP contribution is 2.37. The Kier molecular flexibility index (Phi) is 5.93. The van der Waals surface area contributed by atoms with E-state index in [-0.39, 0.29) is 11.6 Å². The molecule has 0 aromatic heterocycles. The van der Waals surface area contributed by atoms with Crippen molar-refractivity contribution in [2.24, 2.45) is 0 Å². The molecule has 0 bridgehead atoms. The summed E-state index contributed by atoms with van der Waals surface area (Å²) in [5.74, 6) is 0. The van der Waals surface area contributed by atoms with Gasteiger partial charge < -0.3 is 13.9 Å². The Bertz CT molecular complexity index is 504. The number of nitrogens with zero attached hydrogens (tertiary/aromatic N) is 1. The lowest BCUT2D eigenvalue weighted by atomic mass is 10.1. The van der Waals surface area contributed by atoms with Crippen LogP contribution in [0, 0.1) is 0 Å². The Morgan fingerprint density at radius 2 is 1.83 bits per heavy atom. The lowest BCUT2D eigenvalue weighted by molar-refractivity contribution is 0.0252. The predicted molar refractivity (Wildman–Crippen MR) is 95.5 cm³/mol. The minimum absolute atomic E-state index is 0.0247. The van der Waals surface area contributed by atoms with Crippen molar-refractivity contribution in [2.75, 3.05) is 6.61 Å². The monoisotopic (exact) mass is 357 g/mol. The summed E-state index contributed by atoms with van der Waals surface area (Å²) < 4.78 is 16.7. The van der Waals surface area contributed by atoms with E-state index >= 15 is 0 Å². The Morgan fingerprint density at radius 3 is 2.25 bits per heavy atom. The lowest BCUT2D eigenvalue weighted by Gasteiger charge is -2.37. The van der Waals surface area contributed by atoms with E-state index in [0.29, 0.717) is 0 Å². The highest BCUT2D eigenvalue weighted by molar-refractivity contribution is 6.74. The summed E-state index contributed by atoms with van der Waals surface area (Å²) in [6, 6.07) is -0.570. The zero-order valence-electron chi connectivity index (χ0n) is 16.1. The molecule has 1 fully saturated rings. The molecule has 1 heterocycles. The molecule has 2 amide bonds. The molecule has 0 aromatic rings. The van der Waals surface area contributed by atoms with Gasteiger partial charge in [0, 0.05) is 0 Å². The largest absolute Gasteiger partial charge is 0.443 e. The summed E-state index contributed by atoms with van der Waals surface area (Å²) in [6.45, 7) is 19.8. The van der Waals surface area contributed by atoms with E-state index < -0.39 is 38.3 Å². The number of imide groups is 1. The fourth-order valence-corrected chi connectivity index (χ4v) is 2.96. The van der Waals surface area contributed by atoms with Crippen LogP contribution in [0.4, 0.5) is 9.59 Å². The van der Waals surface area contributed by atoms with Gasteiger partial charge >= 0.3 is 12.2 Å². The lowest BCUT2D eigenvalue weighted by Crippen LogP contribution is -2.49. The molecule has 138 valence electrons. The van der Waals surface area contributed by atoms with E-state index in [9.17, 15) is 9.59 Å². The molecule has 24 heavy (non-hydrogen) atoms. The van der Waals surface area contributed by atoms with Crippen LogP contribution >= 0.6 is 0 Å². The van der Waals surface area contributed by atoms with Gasteiger partial charge in [0.15, 0.2) is 8.32 Å². The second kappa shape index (κ2) is 6.88. The third-order valence-electron chi connectivity index (χ3n) is 4.39. The number of ether oxygens (including phenoxy) is 2. The molecule has 7 heteroatoms. The van der Waals surface area contributed by atoms with Gasteiger partial charge in [-0.15, -0.1) is 0 Å². The van der Waals surface area contributed by atoms with Gasteiger partial charge in [0.05, 0.1) is 6.61 Å². The fourth-order valence-electron chi connectivity index (χ4n) is 1.94. The van der Waals surface area contributed by atoms with Gasteiger partial charge in [-0.25, -0.2) is 14.5 Å². The summed E-state index contributed by atoms with van der Waals surface area (Å²) in [6.07, 6.45) is -0.532. The average molecular weight is 358 g/mol. The molecule has 0 aliphatic carbocycles. The summed E-state index contributed by atoms with van der Waals surface area (Å²) in [5.41, 5.74) is -0.700. The third-order valence-corrected chi connectivity index (χ3v) is 8.89. The van der Waals surface area contributed by atoms with Crippen LogP contribution in [0.2, 0.25) is 18.1 Å². The van der Waals surface area contributed by atoms with Crippen LogP contribution in [0.5, 0.6) is 0 Å². The van der Waals surface area contributed by atoms with Crippen LogP contribution in [0.1, 0.15) is 41.5 Å². The first kappa shape index (κ1) is 20.7. The van der Waals surface area contributed by atoms with Crippen LogP contribution in [-0.2, 0) is 13.9 Å². The van der Waals surface area contributed by atoms with Crippen molar-refractivity contribution in [2.45, 2.75) is 77.4 Å². The van der Waals surface area contributed by atoms with Crippen molar-refractivity contribution in [1.82, 2.24) is 4.90 Å². The topological polar surface area (TPSA) is 65.1 Å². The molecule has 2 atom stereocenters. The van der Waals surface area contributed by atoms with Gasteiger partial charge in [-0.05, 0) is 45.0 Å². The molecule has 1 rings (SSSR count). The summed E-state index contributed by atoms with van der Waals surface area (Å²) in [4.78, 5) is 25.5. The number of cyclic esters (lactones) is 1. The van der Waals surface area contributed by atoms with Crippen LogP contribution in [0.15, 0.2) is 12.7 Å². The first-order valence-electron chi connectivity index (χ1n) is 8.19. The van der Waals surface area contributed by atoms with Gasteiger partial charge in [0.2, 0.25) is 0 Å². The summed E-state index contributed by atoms with van der Waals surface area (Å²) in [5, 5.41) is 0.0247. The number of amides is 2. The number of rotatable bonds is 4. The van der Waals surface area contributed by atoms with Gasteiger partial charge in [-0.3, -0.25) is 0 Å². The Hall–Kier alpha value is -1.34. The number of hydrogen-bond donors (Lipinski definition) is 0. The standard InChI is InChI=1S/C17H31NO5Si/c1-10-13-12(11-21-24(8,9)17(5,6)7)18(14(19)22-13)15(20)23-16(2,3)4/h10,12-13H,1,11H2,2-9H3. The maximum Gasteiger partial charge on any atom is 0.420 e. The first-order chi connectivity index (χ1) is 10.7. The Morgan fingerprint density at radius 1 is 1.29 bits per heavy atom. The average Bonchev–Trinajstić information content (AvgIpc) is 2.69. The molecular weight excluding hydrogens is 326 g/mol. The molecule has 1 saturated heterocycles. The van der Waals surface area contributed by atoms with Crippen molar-refractivity contribution in [3.63, 3.8) is 0 Å². The number of hydrogen-bond acceptors (Lipinski definition) is 5. The minimum Gasteiger partial charge on any atom is -0.443 e. The van der Waals surface area contributed by atoms with Crippen LogP contribution in [0.25, 0.3) is 0 Å². The van der Waals surface area contributed by atoms with E-state index in [0.717, 1.165) is 4.90 Å². The van der Waals surface area contributed by atoms with Gasteiger partial charge in [0.1, 0.15) is 17.7 Å². The second-order valence-corrected chi connectivity index (χ2v) is 13.4. The van der Waals surface area contributed by atoms with E-state index in [2.05, 4.69) is 40.4 Å². The van der Waals surface area contributed by atoms with Gasteiger partial charge in [-0.2, -0.15) is 0 Å². The van der Waals surface area contributed by atoms with E-state index in [4.69, 9.17) is 13.9 Å². The molecule has 0 spiro atoms. The van der Waals surface area contributed by atoms with E-state index in [1.165, 1.54) is 6.08 Å². The second-order valence-electron chi connectivity index (χ2n) is 8.57. The van der Waals surface area contributed by atoms with Crippen molar-refractivity contribution >= 4 is 20.5 Å². The molecule has 0 aromatic carbocycles. The normalized spacial score (nSPS) is 22.3. The molecule has 1 aliphatic heterocycles. The molecule has 0 saturated carbocycles. The smallest absolute Gasteiger partial charge is 0.420 e. The minimum atomic E-state index is -2.03. The van der Waals surface area contributed by atoms with Crippen molar-refractivity contribution in [3.8, 4) is 0 Å². The maximum absolute atomic E-state index is 12.4. The maximum atomic E-state index is 12.4. The SMILES string of the molecule is C=CC1OC(=O)N(C(=O)OC(C)(C)C)C1CO[Si](C)(C)C(C)(C)C. The fraction of sp³-hybridized carbons (Fsp3) is 0.765. The van der Waals surface area contributed by atoms with Crippen LogP contribution < -0.4 is 0 Å².